The fourth-order valence-electron chi connectivity index (χ4n) is 2.15. The molecule has 5 heteroatoms. The van der Waals surface area contributed by atoms with E-state index < -0.39 is 5.60 Å². The van der Waals surface area contributed by atoms with Gasteiger partial charge in [-0.1, -0.05) is 0 Å². The third-order valence-electron chi connectivity index (χ3n) is 3.14. The Morgan fingerprint density at radius 2 is 1.94 bits per heavy atom. The van der Waals surface area contributed by atoms with Crippen LogP contribution in [0.3, 0.4) is 0 Å². The SMILES string of the molecule is CC(C)(C)OC(=O)NC[C@@H]1CCSCC[C@@H]1CN. The first kappa shape index (κ1) is 15.6. The number of hydrogen-bond donors (Lipinski definition) is 2. The predicted molar refractivity (Wildman–Crippen MR) is 76.8 cm³/mol. The minimum absolute atomic E-state index is 0.324. The number of nitrogens with two attached hydrogens (primary N) is 1. The number of carbonyl (C=O) groups excluding carboxylic acids is 1. The molecule has 1 aliphatic rings. The highest BCUT2D eigenvalue weighted by Gasteiger charge is 2.24. The molecule has 0 aliphatic carbocycles. The van der Waals surface area contributed by atoms with Gasteiger partial charge in [0, 0.05) is 6.54 Å². The Labute approximate surface area is 114 Å². The summed E-state index contributed by atoms with van der Waals surface area (Å²) in [7, 11) is 0. The molecule has 0 unspecified atom stereocenters. The summed E-state index contributed by atoms with van der Waals surface area (Å²) < 4.78 is 5.24. The van der Waals surface area contributed by atoms with Crippen LogP contribution < -0.4 is 11.1 Å². The monoisotopic (exact) mass is 274 g/mol. The molecular formula is C13H26N2O2S. The van der Waals surface area contributed by atoms with Crippen LogP contribution >= 0.6 is 11.8 Å². The van der Waals surface area contributed by atoms with Gasteiger partial charge in [-0.15, -0.1) is 0 Å². The van der Waals surface area contributed by atoms with Gasteiger partial charge in [-0.2, -0.15) is 11.8 Å². The summed E-state index contributed by atoms with van der Waals surface area (Å²) in [6.07, 6.45) is 1.96. The van der Waals surface area contributed by atoms with Crippen molar-refractivity contribution in [3.63, 3.8) is 0 Å². The molecule has 1 aliphatic heterocycles. The van der Waals surface area contributed by atoms with Crippen molar-refractivity contribution in [1.29, 1.82) is 0 Å². The van der Waals surface area contributed by atoms with Crippen molar-refractivity contribution < 1.29 is 9.53 Å². The maximum absolute atomic E-state index is 11.6. The standard InChI is InChI=1S/C13H26N2O2S/c1-13(2,3)17-12(16)15-9-11-5-7-18-6-4-10(11)8-14/h10-11H,4-9,14H2,1-3H3,(H,15,16)/t10-,11+/m1/s1. The molecule has 0 spiro atoms. The minimum Gasteiger partial charge on any atom is -0.444 e. The van der Waals surface area contributed by atoms with Crippen LogP contribution in [0.4, 0.5) is 4.79 Å². The lowest BCUT2D eigenvalue weighted by Crippen LogP contribution is -2.38. The molecule has 0 aromatic heterocycles. The number of ether oxygens (including phenoxy) is 1. The summed E-state index contributed by atoms with van der Waals surface area (Å²) >= 11 is 1.98. The highest BCUT2D eigenvalue weighted by Crippen LogP contribution is 2.26. The van der Waals surface area contributed by atoms with E-state index in [0.29, 0.717) is 24.9 Å². The number of hydrogen-bond acceptors (Lipinski definition) is 4. The van der Waals surface area contributed by atoms with Gasteiger partial charge in [-0.05, 0) is 63.5 Å². The quantitative estimate of drug-likeness (QED) is 0.828. The van der Waals surface area contributed by atoms with E-state index in [1.54, 1.807) is 0 Å². The summed E-state index contributed by atoms with van der Waals surface area (Å²) in [5, 5.41) is 2.88. The lowest BCUT2D eigenvalue weighted by Gasteiger charge is -2.25. The molecular weight excluding hydrogens is 248 g/mol. The zero-order valence-electron chi connectivity index (χ0n) is 11.7. The van der Waals surface area contributed by atoms with Crippen LogP contribution in [0.1, 0.15) is 33.6 Å². The highest BCUT2D eigenvalue weighted by atomic mass is 32.2. The molecule has 18 heavy (non-hydrogen) atoms. The lowest BCUT2D eigenvalue weighted by atomic mass is 9.88. The Bertz CT molecular complexity index is 266. The fourth-order valence-corrected chi connectivity index (χ4v) is 3.29. The molecule has 0 aromatic carbocycles. The lowest BCUT2D eigenvalue weighted by molar-refractivity contribution is 0.0513. The largest absolute Gasteiger partial charge is 0.444 e. The van der Waals surface area contributed by atoms with Crippen molar-refractivity contribution in [3.05, 3.63) is 0 Å². The third-order valence-corrected chi connectivity index (χ3v) is 4.19. The van der Waals surface area contributed by atoms with Crippen molar-refractivity contribution in [2.24, 2.45) is 17.6 Å². The molecule has 1 heterocycles. The predicted octanol–water partition coefficient (Wildman–Crippen LogP) is 2.23. The van der Waals surface area contributed by atoms with E-state index in [1.807, 2.05) is 32.5 Å². The zero-order chi connectivity index (χ0) is 13.6. The third kappa shape index (κ3) is 5.96. The van der Waals surface area contributed by atoms with Crippen molar-refractivity contribution >= 4 is 17.9 Å². The van der Waals surface area contributed by atoms with Gasteiger partial charge in [0.05, 0.1) is 0 Å². The van der Waals surface area contributed by atoms with E-state index in [1.165, 1.54) is 5.75 Å². The number of alkyl carbamates (subject to hydrolysis) is 1. The summed E-state index contributed by atoms with van der Waals surface area (Å²) in [5.41, 5.74) is 5.38. The van der Waals surface area contributed by atoms with Crippen LogP contribution in [0.15, 0.2) is 0 Å². The van der Waals surface area contributed by atoms with Crippen molar-refractivity contribution in [1.82, 2.24) is 5.32 Å². The van der Waals surface area contributed by atoms with Crippen LogP contribution in [0.25, 0.3) is 0 Å². The van der Waals surface area contributed by atoms with E-state index in [0.717, 1.165) is 18.6 Å². The van der Waals surface area contributed by atoms with Crippen molar-refractivity contribution in [2.45, 2.75) is 39.2 Å². The molecule has 0 bridgehead atoms. The average molecular weight is 274 g/mol. The van der Waals surface area contributed by atoms with Crippen LogP contribution in [-0.2, 0) is 4.74 Å². The van der Waals surface area contributed by atoms with E-state index >= 15 is 0 Å². The Morgan fingerprint density at radius 3 is 2.50 bits per heavy atom. The smallest absolute Gasteiger partial charge is 0.407 e. The van der Waals surface area contributed by atoms with Crippen molar-refractivity contribution in [2.75, 3.05) is 24.6 Å². The van der Waals surface area contributed by atoms with Gasteiger partial charge in [0.25, 0.3) is 0 Å². The van der Waals surface area contributed by atoms with Crippen LogP contribution in [-0.4, -0.2) is 36.3 Å². The normalized spacial score (nSPS) is 25.3. The molecule has 0 aromatic rings. The zero-order valence-corrected chi connectivity index (χ0v) is 12.5. The second-order valence-electron chi connectivity index (χ2n) is 5.83. The first-order valence-corrected chi connectivity index (χ1v) is 7.82. The summed E-state index contributed by atoms with van der Waals surface area (Å²) in [6, 6.07) is 0. The molecule has 1 fully saturated rings. The van der Waals surface area contributed by atoms with Gasteiger partial charge in [0.15, 0.2) is 0 Å². The number of rotatable bonds is 3. The summed E-state index contributed by atoms with van der Waals surface area (Å²) in [4.78, 5) is 11.6. The second kappa shape index (κ2) is 7.24. The molecule has 1 rings (SSSR count). The van der Waals surface area contributed by atoms with Gasteiger partial charge < -0.3 is 15.8 Å². The number of amides is 1. The highest BCUT2D eigenvalue weighted by molar-refractivity contribution is 7.99. The van der Waals surface area contributed by atoms with E-state index in [4.69, 9.17) is 10.5 Å². The number of carbonyl (C=O) groups is 1. The van der Waals surface area contributed by atoms with E-state index in [2.05, 4.69) is 5.32 Å². The molecule has 0 saturated carbocycles. The molecule has 1 amide bonds. The average Bonchev–Trinajstić information content (AvgIpc) is 2.48. The molecule has 3 N–H and O–H groups in total. The van der Waals surface area contributed by atoms with Gasteiger partial charge in [-0.3, -0.25) is 0 Å². The van der Waals surface area contributed by atoms with Gasteiger partial charge >= 0.3 is 6.09 Å². The Morgan fingerprint density at radius 1 is 1.33 bits per heavy atom. The Balaban J connectivity index is 2.37. The Hall–Kier alpha value is -0.420. The Kier molecular flexibility index (Phi) is 6.29. The molecule has 106 valence electrons. The van der Waals surface area contributed by atoms with Crippen LogP contribution in [0, 0.1) is 11.8 Å². The number of nitrogens with one attached hydrogen (secondary N) is 1. The first-order chi connectivity index (χ1) is 8.42. The summed E-state index contributed by atoms with van der Waals surface area (Å²) in [5.74, 6) is 3.36. The topological polar surface area (TPSA) is 64.3 Å². The number of thioether (sulfide) groups is 1. The van der Waals surface area contributed by atoms with Crippen LogP contribution in [0.2, 0.25) is 0 Å². The summed E-state index contributed by atoms with van der Waals surface area (Å²) in [6.45, 7) is 7.01. The molecule has 4 nitrogen and oxygen atoms in total. The van der Waals surface area contributed by atoms with Gasteiger partial charge in [-0.25, -0.2) is 4.79 Å². The van der Waals surface area contributed by atoms with Crippen LogP contribution in [0.5, 0.6) is 0 Å². The maximum Gasteiger partial charge on any atom is 0.407 e. The fraction of sp³-hybridized carbons (Fsp3) is 0.923. The minimum atomic E-state index is -0.434. The van der Waals surface area contributed by atoms with E-state index in [-0.39, 0.29) is 6.09 Å². The van der Waals surface area contributed by atoms with Gasteiger partial charge in [0.2, 0.25) is 0 Å². The molecule has 0 radical (unpaired) electrons. The van der Waals surface area contributed by atoms with Crippen molar-refractivity contribution in [3.8, 4) is 0 Å². The van der Waals surface area contributed by atoms with Gasteiger partial charge in [0.1, 0.15) is 5.60 Å². The molecule has 1 saturated heterocycles. The second-order valence-corrected chi connectivity index (χ2v) is 7.05. The van der Waals surface area contributed by atoms with E-state index in [9.17, 15) is 4.79 Å². The first-order valence-electron chi connectivity index (χ1n) is 6.67. The molecule has 2 atom stereocenters. The maximum atomic E-state index is 11.6.